The van der Waals surface area contributed by atoms with Crippen molar-refractivity contribution in [2.24, 2.45) is 5.92 Å². The van der Waals surface area contributed by atoms with E-state index in [1.54, 1.807) is 0 Å². The highest BCUT2D eigenvalue weighted by atomic mass is 35.5. The molecule has 1 aliphatic carbocycles. The van der Waals surface area contributed by atoms with Crippen molar-refractivity contribution in [2.45, 2.75) is 59.0 Å². The van der Waals surface area contributed by atoms with Crippen molar-refractivity contribution in [3.8, 4) is 0 Å². The Hall–Kier alpha value is -0.730. The number of anilines is 1. The van der Waals surface area contributed by atoms with E-state index in [1.165, 1.54) is 37.1 Å². The minimum Gasteiger partial charge on any atom is -0.371 e. The van der Waals surface area contributed by atoms with Crippen LogP contribution in [-0.2, 0) is 6.54 Å². The Kier molecular flexibility index (Phi) is 5.56. The van der Waals surface area contributed by atoms with Crippen LogP contribution in [0.25, 0.3) is 0 Å². The van der Waals surface area contributed by atoms with Gasteiger partial charge in [-0.05, 0) is 63.6 Å². The van der Waals surface area contributed by atoms with Crippen LogP contribution in [-0.4, -0.2) is 18.6 Å². The third kappa shape index (κ3) is 5.52. The second kappa shape index (κ2) is 7.02. The lowest BCUT2D eigenvalue weighted by atomic mass is 10.1. The Morgan fingerprint density at radius 2 is 2.00 bits per heavy atom. The van der Waals surface area contributed by atoms with Gasteiger partial charge in [-0.3, -0.25) is 0 Å². The van der Waals surface area contributed by atoms with Gasteiger partial charge in [-0.25, -0.2) is 0 Å². The monoisotopic (exact) mass is 308 g/mol. The van der Waals surface area contributed by atoms with E-state index < -0.39 is 0 Å². The van der Waals surface area contributed by atoms with Crippen LogP contribution >= 0.6 is 11.6 Å². The van der Waals surface area contributed by atoms with E-state index >= 15 is 0 Å². The maximum Gasteiger partial charge on any atom is 0.0426 e. The molecule has 0 saturated heterocycles. The van der Waals surface area contributed by atoms with E-state index in [4.69, 9.17) is 11.6 Å². The molecule has 0 unspecified atom stereocenters. The summed E-state index contributed by atoms with van der Waals surface area (Å²) >= 11 is 6.26. The number of nitrogens with zero attached hydrogens (tertiary/aromatic N) is 1. The Morgan fingerprint density at radius 3 is 2.57 bits per heavy atom. The molecule has 0 heterocycles. The summed E-state index contributed by atoms with van der Waals surface area (Å²) in [6.45, 7) is 12.0. The van der Waals surface area contributed by atoms with Gasteiger partial charge in [0.05, 0.1) is 0 Å². The van der Waals surface area contributed by atoms with Gasteiger partial charge in [0.1, 0.15) is 0 Å². The van der Waals surface area contributed by atoms with E-state index in [1.807, 2.05) is 6.07 Å². The summed E-state index contributed by atoms with van der Waals surface area (Å²) in [5, 5.41) is 4.43. The minimum atomic E-state index is 0.128. The first-order chi connectivity index (χ1) is 9.89. The summed E-state index contributed by atoms with van der Waals surface area (Å²) in [4.78, 5) is 2.53. The second-order valence-corrected chi connectivity index (χ2v) is 7.70. The molecule has 1 aliphatic rings. The fraction of sp³-hybridized carbons (Fsp3) is 0.667. The molecule has 0 radical (unpaired) electrons. The predicted molar refractivity (Wildman–Crippen MR) is 93.3 cm³/mol. The molecular formula is C18H29ClN2. The van der Waals surface area contributed by atoms with Crippen molar-refractivity contribution in [1.82, 2.24) is 5.32 Å². The van der Waals surface area contributed by atoms with Gasteiger partial charge in [-0.2, -0.15) is 0 Å². The van der Waals surface area contributed by atoms with Crippen molar-refractivity contribution in [2.75, 3.05) is 18.0 Å². The van der Waals surface area contributed by atoms with Crippen LogP contribution in [0.3, 0.4) is 0 Å². The van der Waals surface area contributed by atoms with Gasteiger partial charge in [-0.1, -0.05) is 24.6 Å². The molecule has 21 heavy (non-hydrogen) atoms. The predicted octanol–water partition coefficient (Wildman–Crippen LogP) is 4.85. The standard InChI is InChI=1S/C18H29ClN2/c1-5-10-21(13-14-6-7-14)17-11-16(19)9-8-15(17)12-20-18(2,3)4/h8-9,11,14,20H,5-7,10,12-13H2,1-4H3. The smallest absolute Gasteiger partial charge is 0.0426 e. The number of rotatable bonds is 7. The van der Waals surface area contributed by atoms with Crippen LogP contribution in [0.2, 0.25) is 5.02 Å². The molecule has 1 fully saturated rings. The normalized spacial score (nSPS) is 15.3. The molecule has 2 nitrogen and oxygen atoms in total. The van der Waals surface area contributed by atoms with Crippen LogP contribution in [0, 0.1) is 5.92 Å². The first kappa shape index (κ1) is 16.6. The molecular weight excluding hydrogens is 280 g/mol. The lowest BCUT2D eigenvalue weighted by Gasteiger charge is -2.29. The topological polar surface area (TPSA) is 15.3 Å². The third-order valence-electron chi connectivity index (χ3n) is 3.87. The van der Waals surface area contributed by atoms with Crippen molar-refractivity contribution >= 4 is 17.3 Å². The Labute approximate surface area is 134 Å². The van der Waals surface area contributed by atoms with Crippen molar-refractivity contribution < 1.29 is 0 Å². The molecule has 0 amide bonds. The molecule has 0 aliphatic heterocycles. The lowest BCUT2D eigenvalue weighted by Crippen LogP contribution is -2.36. The zero-order valence-corrected chi connectivity index (χ0v) is 14.6. The maximum atomic E-state index is 6.26. The van der Waals surface area contributed by atoms with Gasteiger partial charge >= 0.3 is 0 Å². The largest absolute Gasteiger partial charge is 0.371 e. The SMILES string of the molecule is CCCN(CC1CC1)c1cc(Cl)ccc1CNC(C)(C)C. The number of hydrogen-bond donors (Lipinski definition) is 1. The average molecular weight is 309 g/mol. The number of halogens is 1. The summed E-state index contributed by atoms with van der Waals surface area (Å²) in [5.41, 5.74) is 2.79. The number of benzene rings is 1. The maximum absolute atomic E-state index is 6.26. The van der Waals surface area contributed by atoms with Crippen molar-refractivity contribution in [3.05, 3.63) is 28.8 Å². The molecule has 0 spiro atoms. The summed E-state index contributed by atoms with van der Waals surface area (Å²) in [7, 11) is 0. The first-order valence-corrected chi connectivity index (χ1v) is 8.55. The molecule has 1 aromatic carbocycles. The van der Waals surface area contributed by atoms with Crippen molar-refractivity contribution in [1.29, 1.82) is 0 Å². The number of nitrogens with one attached hydrogen (secondary N) is 1. The van der Waals surface area contributed by atoms with E-state index in [-0.39, 0.29) is 5.54 Å². The highest BCUT2D eigenvalue weighted by molar-refractivity contribution is 6.30. The van der Waals surface area contributed by atoms with Crippen LogP contribution in [0.5, 0.6) is 0 Å². The molecule has 0 atom stereocenters. The molecule has 2 rings (SSSR count). The molecule has 1 N–H and O–H groups in total. The highest BCUT2D eigenvalue weighted by Crippen LogP contribution is 2.33. The van der Waals surface area contributed by atoms with Gasteiger partial charge in [-0.15, -0.1) is 0 Å². The summed E-state index contributed by atoms with van der Waals surface area (Å²) in [6, 6.07) is 6.32. The van der Waals surface area contributed by atoms with Crippen molar-refractivity contribution in [3.63, 3.8) is 0 Å². The minimum absolute atomic E-state index is 0.128. The Balaban J connectivity index is 2.18. The summed E-state index contributed by atoms with van der Waals surface area (Å²) < 4.78 is 0. The third-order valence-corrected chi connectivity index (χ3v) is 4.10. The Bertz CT molecular complexity index is 461. The lowest BCUT2D eigenvalue weighted by molar-refractivity contribution is 0.424. The zero-order chi connectivity index (χ0) is 15.5. The molecule has 118 valence electrons. The molecule has 0 aromatic heterocycles. The number of hydrogen-bond acceptors (Lipinski definition) is 2. The van der Waals surface area contributed by atoms with Crippen LogP contribution in [0.1, 0.15) is 52.5 Å². The average Bonchev–Trinajstić information content (AvgIpc) is 3.20. The first-order valence-electron chi connectivity index (χ1n) is 8.17. The second-order valence-electron chi connectivity index (χ2n) is 7.27. The Morgan fingerprint density at radius 1 is 1.29 bits per heavy atom. The summed E-state index contributed by atoms with van der Waals surface area (Å²) in [6.07, 6.45) is 3.94. The summed E-state index contributed by atoms with van der Waals surface area (Å²) in [5.74, 6) is 0.888. The van der Waals surface area contributed by atoms with E-state index in [9.17, 15) is 0 Å². The van der Waals surface area contributed by atoms with Gasteiger partial charge in [0.25, 0.3) is 0 Å². The van der Waals surface area contributed by atoms with Gasteiger partial charge in [0, 0.05) is 35.9 Å². The molecule has 3 heteroatoms. The molecule has 1 saturated carbocycles. The van der Waals surface area contributed by atoms with E-state index in [2.05, 4.69) is 50.0 Å². The fourth-order valence-corrected chi connectivity index (χ4v) is 2.70. The molecule has 0 bridgehead atoms. The van der Waals surface area contributed by atoms with Crippen LogP contribution in [0.15, 0.2) is 18.2 Å². The van der Waals surface area contributed by atoms with E-state index in [0.717, 1.165) is 24.0 Å². The highest BCUT2D eigenvalue weighted by Gasteiger charge is 2.25. The van der Waals surface area contributed by atoms with Gasteiger partial charge < -0.3 is 10.2 Å². The van der Waals surface area contributed by atoms with E-state index in [0.29, 0.717) is 0 Å². The quantitative estimate of drug-likeness (QED) is 0.774. The van der Waals surface area contributed by atoms with Gasteiger partial charge in [0.15, 0.2) is 0 Å². The van der Waals surface area contributed by atoms with Crippen LogP contribution < -0.4 is 10.2 Å². The van der Waals surface area contributed by atoms with Gasteiger partial charge in [0.2, 0.25) is 0 Å². The molecule has 1 aromatic rings. The van der Waals surface area contributed by atoms with Crippen LogP contribution in [0.4, 0.5) is 5.69 Å². The zero-order valence-electron chi connectivity index (χ0n) is 13.9. The fourth-order valence-electron chi connectivity index (χ4n) is 2.53.